The Morgan fingerprint density at radius 2 is 1.95 bits per heavy atom. The van der Waals surface area contributed by atoms with Crippen molar-refractivity contribution in [1.29, 1.82) is 0 Å². The number of rotatable bonds is 3. The smallest absolute Gasteiger partial charge is 0.126 e. The first-order valence-electron chi connectivity index (χ1n) is 6.48. The molecule has 3 rings (SSSR count). The fourth-order valence-electron chi connectivity index (χ4n) is 2.20. The zero-order chi connectivity index (χ0) is 13.9. The van der Waals surface area contributed by atoms with Crippen LogP contribution < -0.4 is 10.2 Å². The number of nitrogens with one attached hydrogen (secondary N) is 1. The lowest BCUT2D eigenvalue weighted by atomic mass is 10.1. The molecule has 1 atom stereocenters. The Bertz CT molecular complexity index is 640. The van der Waals surface area contributed by atoms with Crippen LogP contribution in [0.2, 0.25) is 0 Å². The number of thioether (sulfide) groups is 1. The van der Waals surface area contributed by atoms with E-state index in [4.69, 9.17) is 4.74 Å². The highest BCUT2D eigenvalue weighted by atomic mass is 32.2. The van der Waals surface area contributed by atoms with Crippen LogP contribution in [0.1, 0.15) is 22.1 Å². The van der Waals surface area contributed by atoms with E-state index in [9.17, 15) is 0 Å². The fourth-order valence-corrected chi connectivity index (χ4v) is 3.19. The van der Waals surface area contributed by atoms with Crippen molar-refractivity contribution >= 4 is 16.8 Å². The molecule has 2 aromatic rings. The van der Waals surface area contributed by atoms with Crippen LogP contribution in [0, 0.1) is 6.92 Å². The maximum atomic E-state index is 5.30. The van der Waals surface area contributed by atoms with Gasteiger partial charge in [-0.2, -0.15) is 5.10 Å². The van der Waals surface area contributed by atoms with Crippen molar-refractivity contribution < 1.29 is 4.74 Å². The summed E-state index contributed by atoms with van der Waals surface area (Å²) in [5.74, 6) is 0.918. The van der Waals surface area contributed by atoms with Gasteiger partial charge in [-0.1, -0.05) is 48.2 Å². The van der Waals surface area contributed by atoms with Crippen LogP contribution in [-0.2, 0) is 0 Å². The molecule has 2 aromatic carbocycles. The fraction of sp³-hybridized carbons (Fsp3) is 0.188. The predicted octanol–water partition coefficient (Wildman–Crippen LogP) is 3.70. The molecule has 1 aliphatic heterocycles. The summed E-state index contributed by atoms with van der Waals surface area (Å²) in [7, 11) is 1.70. The Hall–Kier alpha value is -1.94. The molecule has 0 unspecified atom stereocenters. The Labute approximate surface area is 123 Å². The molecular formula is C16H16N2OS. The predicted molar refractivity (Wildman–Crippen MR) is 84.2 cm³/mol. The minimum absolute atomic E-state index is 0.162. The molecule has 0 spiro atoms. The lowest BCUT2D eigenvalue weighted by Gasteiger charge is -2.12. The topological polar surface area (TPSA) is 33.6 Å². The van der Waals surface area contributed by atoms with E-state index in [1.54, 1.807) is 18.9 Å². The molecule has 1 N–H and O–H groups in total. The van der Waals surface area contributed by atoms with Gasteiger partial charge in [0.15, 0.2) is 0 Å². The van der Waals surface area contributed by atoms with Crippen LogP contribution in [0.25, 0.3) is 0 Å². The van der Waals surface area contributed by atoms with Gasteiger partial charge in [0.25, 0.3) is 0 Å². The van der Waals surface area contributed by atoms with Gasteiger partial charge in [-0.15, -0.1) is 0 Å². The van der Waals surface area contributed by atoms with Crippen molar-refractivity contribution in [1.82, 2.24) is 5.43 Å². The number of benzene rings is 2. The lowest BCUT2D eigenvalue weighted by molar-refractivity contribution is 0.411. The van der Waals surface area contributed by atoms with Gasteiger partial charge in [-0.3, -0.25) is 5.43 Å². The highest BCUT2D eigenvalue weighted by molar-refractivity contribution is 8.14. The third-order valence-corrected chi connectivity index (χ3v) is 4.42. The summed E-state index contributed by atoms with van der Waals surface area (Å²) in [4.78, 5) is 0. The second kappa shape index (κ2) is 5.59. The minimum atomic E-state index is 0.162. The van der Waals surface area contributed by atoms with E-state index in [0.717, 1.165) is 21.9 Å². The molecule has 0 bridgehead atoms. The molecule has 0 aliphatic carbocycles. The number of ether oxygens (including phenoxy) is 1. The van der Waals surface area contributed by atoms with Crippen molar-refractivity contribution in [3.05, 3.63) is 65.2 Å². The lowest BCUT2D eigenvalue weighted by Crippen LogP contribution is -2.06. The number of hydrogen-bond donors (Lipinski definition) is 1. The molecule has 20 heavy (non-hydrogen) atoms. The molecule has 4 heteroatoms. The van der Waals surface area contributed by atoms with Crippen LogP contribution in [0.15, 0.2) is 53.6 Å². The van der Waals surface area contributed by atoms with Gasteiger partial charge < -0.3 is 4.74 Å². The summed E-state index contributed by atoms with van der Waals surface area (Å²) >= 11 is 1.74. The summed E-state index contributed by atoms with van der Waals surface area (Å²) in [5.41, 5.74) is 6.70. The van der Waals surface area contributed by atoms with E-state index in [1.165, 1.54) is 5.56 Å². The van der Waals surface area contributed by atoms with Crippen LogP contribution in [0.3, 0.4) is 0 Å². The number of hydrogen-bond acceptors (Lipinski definition) is 4. The molecule has 0 fully saturated rings. The van der Waals surface area contributed by atoms with Crippen LogP contribution in [0.4, 0.5) is 0 Å². The Morgan fingerprint density at radius 1 is 1.15 bits per heavy atom. The minimum Gasteiger partial charge on any atom is -0.496 e. The summed E-state index contributed by atoms with van der Waals surface area (Å²) < 4.78 is 5.30. The van der Waals surface area contributed by atoms with Crippen LogP contribution in [-0.4, -0.2) is 12.2 Å². The summed E-state index contributed by atoms with van der Waals surface area (Å²) in [6, 6.07) is 16.5. The molecule has 0 radical (unpaired) electrons. The number of nitrogens with zero attached hydrogens (tertiary/aromatic N) is 1. The summed E-state index contributed by atoms with van der Waals surface area (Å²) in [5, 5.41) is 5.63. The van der Waals surface area contributed by atoms with Crippen molar-refractivity contribution in [2.75, 3.05) is 7.11 Å². The standard InChI is InChI=1S/C16H16N2OS/c1-11-10-13(8-9-14(11)19-2)16-18-17-15(20-16)12-6-4-3-5-7-12/h3-10,16,18H,1-2H3/t16-/m0/s1. The maximum Gasteiger partial charge on any atom is 0.126 e. The van der Waals surface area contributed by atoms with Crippen molar-refractivity contribution in [2.45, 2.75) is 12.3 Å². The number of methoxy groups -OCH3 is 1. The van der Waals surface area contributed by atoms with Gasteiger partial charge in [0.05, 0.1) is 7.11 Å². The van der Waals surface area contributed by atoms with E-state index in [1.807, 2.05) is 24.3 Å². The molecule has 3 nitrogen and oxygen atoms in total. The Kier molecular flexibility index (Phi) is 3.65. The number of aryl methyl sites for hydroxylation is 1. The maximum absolute atomic E-state index is 5.30. The van der Waals surface area contributed by atoms with Crippen molar-refractivity contribution in [2.24, 2.45) is 5.10 Å². The monoisotopic (exact) mass is 284 g/mol. The largest absolute Gasteiger partial charge is 0.496 e. The van der Waals surface area contributed by atoms with Gasteiger partial charge in [0.2, 0.25) is 0 Å². The van der Waals surface area contributed by atoms with Gasteiger partial charge >= 0.3 is 0 Å². The summed E-state index contributed by atoms with van der Waals surface area (Å²) in [6.45, 7) is 2.06. The van der Waals surface area contributed by atoms with Crippen LogP contribution in [0.5, 0.6) is 5.75 Å². The first-order valence-corrected chi connectivity index (χ1v) is 7.36. The second-order valence-electron chi connectivity index (χ2n) is 4.64. The van der Waals surface area contributed by atoms with Crippen molar-refractivity contribution in [3.8, 4) is 5.75 Å². The molecule has 0 aromatic heterocycles. The highest BCUT2D eigenvalue weighted by Gasteiger charge is 2.22. The Morgan fingerprint density at radius 3 is 2.65 bits per heavy atom. The average molecular weight is 284 g/mol. The van der Waals surface area contributed by atoms with E-state index in [2.05, 4.69) is 41.7 Å². The van der Waals surface area contributed by atoms with E-state index in [0.29, 0.717) is 0 Å². The van der Waals surface area contributed by atoms with Gasteiger partial charge in [0, 0.05) is 5.56 Å². The molecular weight excluding hydrogens is 268 g/mol. The number of hydrazone groups is 1. The average Bonchev–Trinajstić information content (AvgIpc) is 2.98. The molecule has 0 saturated carbocycles. The highest BCUT2D eigenvalue weighted by Crippen LogP contribution is 2.35. The molecule has 1 aliphatic rings. The van der Waals surface area contributed by atoms with E-state index in [-0.39, 0.29) is 5.37 Å². The molecule has 0 saturated heterocycles. The first-order chi connectivity index (χ1) is 9.78. The SMILES string of the molecule is COc1ccc([C@H]2NN=C(c3ccccc3)S2)cc1C. The summed E-state index contributed by atoms with van der Waals surface area (Å²) in [6.07, 6.45) is 0. The Balaban J connectivity index is 1.77. The first kappa shape index (κ1) is 13.1. The quantitative estimate of drug-likeness (QED) is 0.933. The van der Waals surface area contributed by atoms with Gasteiger partial charge in [0.1, 0.15) is 16.2 Å². The normalized spacial score (nSPS) is 17.5. The zero-order valence-electron chi connectivity index (χ0n) is 11.5. The third kappa shape index (κ3) is 2.51. The molecule has 1 heterocycles. The van der Waals surface area contributed by atoms with Gasteiger partial charge in [-0.25, -0.2) is 0 Å². The molecule has 102 valence electrons. The third-order valence-electron chi connectivity index (χ3n) is 3.26. The van der Waals surface area contributed by atoms with Crippen LogP contribution >= 0.6 is 11.8 Å². The molecule has 0 amide bonds. The van der Waals surface area contributed by atoms with Crippen molar-refractivity contribution in [3.63, 3.8) is 0 Å². The second-order valence-corrected chi connectivity index (χ2v) is 5.73. The van der Waals surface area contributed by atoms with E-state index < -0.39 is 0 Å². The van der Waals surface area contributed by atoms with Gasteiger partial charge in [-0.05, 0) is 30.2 Å². The van der Waals surface area contributed by atoms with E-state index >= 15 is 0 Å². The zero-order valence-corrected chi connectivity index (χ0v) is 12.3.